The van der Waals surface area contributed by atoms with Gasteiger partial charge in [-0.1, -0.05) is 30.3 Å². The van der Waals surface area contributed by atoms with Gasteiger partial charge in [0, 0.05) is 25.2 Å². The van der Waals surface area contributed by atoms with Crippen molar-refractivity contribution in [1.82, 2.24) is 14.7 Å². The molecule has 21 heavy (non-hydrogen) atoms. The zero-order chi connectivity index (χ0) is 14.7. The Morgan fingerprint density at radius 2 is 2.14 bits per heavy atom. The highest BCUT2D eigenvalue weighted by Gasteiger charge is 2.21. The van der Waals surface area contributed by atoms with E-state index in [4.69, 9.17) is 4.74 Å². The van der Waals surface area contributed by atoms with Crippen molar-refractivity contribution < 1.29 is 9.53 Å². The van der Waals surface area contributed by atoms with Crippen LogP contribution >= 0.6 is 0 Å². The standard InChI is InChI=1S/C16H19N3O2/c1-2-21-16(20)15-10-14-8-9-18(12-19(14)17-15)11-13-6-4-3-5-7-13/h3-7,10H,2,8-9,11-12H2,1H3. The summed E-state index contributed by atoms with van der Waals surface area (Å²) in [4.78, 5) is 14.0. The van der Waals surface area contributed by atoms with Gasteiger partial charge in [0.15, 0.2) is 5.69 Å². The minimum atomic E-state index is -0.339. The average Bonchev–Trinajstić information content (AvgIpc) is 2.92. The van der Waals surface area contributed by atoms with Gasteiger partial charge in [0.2, 0.25) is 0 Å². The van der Waals surface area contributed by atoms with Crippen molar-refractivity contribution >= 4 is 5.97 Å². The second-order valence-electron chi connectivity index (χ2n) is 5.17. The lowest BCUT2D eigenvalue weighted by molar-refractivity contribution is 0.0517. The van der Waals surface area contributed by atoms with Gasteiger partial charge in [0.25, 0.3) is 0 Å². The molecule has 0 saturated heterocycles. The zero-order valence-electron chi connectivity index (χ0n) is 12.2. The first-order chi connectivity index (χ1) is 10.3. The third kappa shape index (κ3) is 3.13. The van der Waals surface area contributed by atoms with Crippen LogP contribution in [0.1, 0.15) is 28.7 Å². The van der Waals surface area contributed by atoms with Crippen LogP contribution in [-0.4, -0.2) is 33.8 Å². The average molecular weight is 285 g/mol. The number of hydrogen-bond donors (Lipinski definition) is 0. The lowest BCUT2D eigenvalue weighted by Crippen LogP contribution is -2.34. The van der Waals surface area contributed by atoms with Crippen LogP contribution in [0.25, 0.3) is 0 Å². The predicted octanol–water partition coefficient (Wildman–Crippen LogP) is 2.08. The Kier molecular flexibility index (Phi) is 4.01. The molecule has 0 bridgehead atoms. The molecule has 0 unspecified atom stereocenters. The predicted molar refractivity (Wildman–Crippen MR) is 78.7 cm³/mol. The van der Waals surface area contributed by atoms with E-state index in [1.54, 1.807) is 6.92 Å². The fourth-order valence-electron chi connectivity index (χ4n) is 2.59. The number of carbonyl (C=O) groups excluding carboxylic acids is 1. The van der Waals surface area contributed by atoms with Gasteiger partial charge < -0.3 is 4.74 Å². The van der Waals surface area contributed by atoms with Crippen LogP contribution in [0.15, 0.2) is 36.4 Å². The van der Waals surface area contributed by atoms with Crippen molar-refractivity contribution in [2.75, 3.05) is 13.2 Å². The van der Waals surface area contributed by atoms with E-state index in [0.717, 1.165) is 25.2 Å². The molecular weight excluding hydrogens is 266 g/mol. The minimum Gasteiger partial charge on any atom is -0.461 e. The van der Waals surface area contributed by atoms with E-state index in [1.165, 1.54) is 5.56 Å². The molecule has 2 heterocycles. The van der Waals surface area contributed by atoms with Crippen molar-refractivity contribution in [2.45, 2.75) is 26.6 Å². The number of fused-ring (bicyclic) bond motifs is 1. The molecule has 0 saturated carbocycles. The summed E-state index contributed by atoms with van der Waals surface area (Å²) < 4.78 is 6.90. The second kappa shape index (κ2) is 6.10. The summed E-state index contributed by atoms with van der Waals surface area (Å²) in [5.74, 6) is -0.339. The first kappa shape index (κ1) is 13.8. The minimum absolute atomic E-state index is 0.339. The van der Waals surface area contributed by atoms with Crippen molar-refractivity contribution in [3.05, 3.63) is 53.3 Å². The van der Waals surface area contributed by atoms with Crippen LogP contribution in [0.3, 0.4) is 0 Å². The smallest absolute Gasteiger partial charge is 0.358 e. The quantitative estimate of drug-likeness (QED) is 0.807. The molecule has 1 aliphatic heterocycles. The normalized spacial score (nSPS) is 14.7. The summed E-state index contributed by atoms with van der Waals surface area (Å²) in [7, 11) is 0. The molecule has 0 fully saturated rings. The monoisotopic (exact) mass is 285 g/mol. The molecule has 3 rings (SSSR count). The number of benzene rings is 1. The van der Waals surface area contributed by atoms with E-state index < -0.39 is 0 Å². The maximum Gasteiger partial charge on any atom is 0.358 e. The Hall–Kier alpha value is -2.14. The van der Waals surface area contributed by atoms with E-state index in [1.807, 2.05) is 16.8 Å². The molecule has 0 atom stereocenters. The number of ether oxygens (including phenoxy) is 1. The molecule has 0 radical (unpaired) electrons. The summed E-state index contributed by atoms with van der Waals surface area (Å²) in [5, 5.41) is 4.36. The SMILES string of the molecule is CCOC(=O)c1cc2n(n1)CN(Cc1ccccc1)CC2. The Balaban J connectivity index is 1.69. The van der Waals surface area contributed by atoms with Crippen LogP contribution in [-0.2, 0) is 24.4 Å². The molecule has 0 aliphatic carbocycles. The Morgan fingerprint density at radius 3 is 2.90 bits per heavy atom. The lowest BCUT2D eigenvalue weighted by atomic mass is 10.2. The highest BCUT2D eigenvalue weighted by molar-refractivity contribution is 5.87. The molecule has 2 aromatic rings. The molecule has 5 heteroatoms. The van der Waals surface area contributed by atoms with Gasteiger partial charge >= 0.3 is 5.97 Å². The first-order valence-electron chi connectivity index (χ1n) is 7.26. The van der Waals surface area contributed by atoms with Gasteiger partial charge in [-0.15, -0.1) is 0 Å². The summed E-state index contributed by atoms with van der Waals surface area (Å²) >= 11 is 0. The number of carbonyl (C=O) groups is 1. The van der Waals surface area contributed by atoms with E-state index in [0.29, 0.717) is 19.0 Å². The third-order valence-electron chi connectivity index (χ3n) is 3.62. The van der Waals surface area contributed by atoms with Crippen LogP contribution in [0.2, 0.25) is 0 Å². The van der Waals surface area contributed by atoms with Gasteiger partial charge in [0.05, 0.1) is 13.3 Å². The van der Waals surface area contributed by atoms with E-state index in [-0.39, 0.29) is 5.97 Å². The molecule has 0 spiro atoms. The summed E-state index contributed by atoms with van der Waals surface area (Å²) in [6, 6.07) is 12.2. The number of aromatic nitrogens is 2. The molecule has 5 nitrogen and oxygen atoms in total. The molecule has 1 aliphatic rings. The molecule has 0 N–H and O–H groups in total. The third-order valence-corrected chi connectivity index (χ3v) is 3.62. The van der Waals surface area contributed by atoms with Crippen LogP contribution in [0, 0.1) is 0 Å². The lowest BCUT2D eigenvalue weighted by Gasteiger charge is -2.27. The topological polar surface area (TPSA) is 47.4 Å². The van der Waals surface area contributed by atoms with E-state index in [2.05, 4.69) is 34.3 Å². The van der Waals surface area contributed by atoms with Gasteiger partial charge in [-0.3, -0.25) is 9.58 Å². The van der Waals surface area contributed by atoms with E-state index in [9.17, 15) is 4.79 Å². The molecule has 1 aromatic carbocycles. The molecule has 1 aromatic heterocycles. The van der Waals surface area contributed by atoms with Crippen LogP contribution < -0.4 is 0 Å². The first-order valence-corrected chi connectivity index (χ1v) is 7.26. The fourth-order valence-corrected chi connectivity index (χ4v) is 2.59. The number of rotatable bonds is 4. The maximum absolute atomic E-state index is 11.7. The van der Waals surface area contributed by atoms with Gasteiger partial charge in [-0.25, -0.2) is 4.79 Å². The van der Waals surface area contributed by atoms with Gasteiger partial charge in [-0.05, 0) is 18.6 Å². The summed E-state index contributed by atoms with van der Waals surface area (Å²) in [6.07, 6.45) is 0.902. The van der Waals surface area contributed by atoms with Gasteiger partial charge in [-0.2, -0.15) is 5.10 Å². The van der Waals surface area contributed by atoms with Gasteiger partial charge in [0.1, 0.15) is 0 Å². The van der Waals surface area contributed by atoms with Crippen LogP contribution in [0.4, 0.5) is 0 Å². The Bertz CT molecular complexity index is 622. The molecular formula is C16H19N3O2. The maximum atomic E-state index is 11.7. The largest absolute Gasteiger partial charge is 0.461 e. The van der Waals surface area contributed by atoms with Crippen molar-refractivity contribution in [1.29, 1.82) is 0 Å². The molecule has 110 valence electrons. The van der Waals surface area contributed by atoms with Crippen molar-refractivity contribution in [3.8, 4) is 0 Å². The Labute approximate surface area is 124 Å². The number of nitrogens with zero attached hydrogens (tertiary/aromatic N) is 3. The number of hydrogen-bond acceptors (Lipinski definition) is 4. The number of esters is 1. The highest BCUT2D eigenvalue weighted by Crippen LogP contribution is 2.16. The molecule has 0 amide bonds. The van der Waals surface area contributed by atoms with Crippen LogP contribution in [0.5, 0.6) is 0 Å². The highest BCUT2D eigenvalue weighted by atomic mass is 16.5. The Morgan fingerprint density at radius 1 is 1.33 bits per heavy atom. The summed E-state index contributed by atoms with van der Waals surface area (Å²) in [5.41, 5.74) is 2.80. The van der Waals surface area contributed by atoms with E-state index >= 15 is 0 Å². The summed E-state index contributed by atoms with van der Waals surface area (Å²) in [6.45, 7) is 4.76. The zero-order valence-corrected chi connectivity index (χ0v) is 12.2. The fraction of sp³-hybridized carbons (Fsp3) is 0.375. The van der Waals surface area contributed by atoms with Crippen molar-refractivity contribution in [3.63, 3.8) is 0 Å². The van der Waals surface area contributed by atoms with Crippen molar-refractivity contribution in [2.24, 2.45) is 0 Å². The second-order valence-corrected chi connectivity index (χ2v) is 5.17.